The zero-order valence-corrected chi connectivity index (χ0v) is 13.6. The number of carbonyl (C=O) groups is 1. The Hall–Kier alpha value is -0.830. The Morgan fingerprint density at radius 2 is 1.85 bits per heavy atom. The van der Waals surface area contributed by atoms with Gasteiger partial charge in [0.25, 0.3) is 0 Å². The van der Waals surface area contributed by atoms with Gasteiger partial charge in [0.05, 0.1) is 5.92 Å². The van der Waals surface area contributed by atoms with Crippen LogP contribution in [0.15, 0.2) is 28.7 Å². The van der Waals surface area contributed by atoms with Gasteiger partial charge in [-0.15, -0.1) is 0 Å². The fourth-order valence-corrected chi connectivity index (χ4v) is 3.59. The molecule has 0 heterocycles. The number of hydrogen-bond acceptors (Lipinski definition) is 1. The molecule has 0 bridgehead atoms. The quantitative estimate of drug-likeness (QED) is 0.828. The van der Waals surface area contributed by atoms with Crippen LogP contribution in [0.2, 0.25) is 0 Å². The molecule has 0 radical (unpaired) electrons. The highest BCUT2D eigenvalue weighted by atomic mass is 79.9. The van der Waals surface area contributed by atoms with E-state index in [4.69, 9.17) is 0 Å². The molecule has 0 aromatic heterocycles. The number of carboxylic acid groups (broad SMARTS) is 1. The van der Waals surface area contributed by atoms with Gasteiger partial charge >= 0.3 is 5.97 Å². The fourth-order valence-electron chi connectivity index (χ4n) is 3.33. The van der Waals surface area contributed by atoms with Crippen molar-refractivity contribution in [2.75, 3.05) is 0 Å². The van der Waals surface area contributed by atoms with E-state index in [2.05, 4.69) is 22.9 Å². The molecule has 0 aliphatic heterocycles. The molecular weight excluding hydrogens is 316 g/mol. The van der Waals surface area contributed by atoms with E-state index in [9.17, 15) is 9.90 Å². The van der Waals surface area contributed by atoms with Crippen molar-refractivity contribution >= 4 is 21.9 Å². The van der Waals surface area contributed by atoms with Gasteiger partial charge in [-0.3, -0.25) is 4.79 Å². The summed E-state index contributed by atoms with van der Waals surface area (Å²) in [5, 5.41) is 9.56. The normalized spacial score (nSPS) is 24.3. The highest BCUT2D eigenvalue weighted by Crippen LogP contribution is 2.36. The van der Waals surface area contributed by atoms with Crippen LogP contribution in [-0.2, 0) is 11.2 Å². The Kier molecular flexibility index (Phi) is 5.64. The molecule has 20 heavy (non-hydrogen) atoms. The van der Waals surface area contributed by atoms with E-state index in [0.29, 0.717) is 12.3 Å². The Morgan fingerprint density at radius 1 is 1.25 bits per heavy atom. The largest absolute Gasteiger partial charge is 0.481 e. The van der Waals surface area contributed by atoms with Crippen LogP contribution in [0.3, 0.4) is 0 Å². The summed E-state index contributed by atoms with van der Waals surface area (Å²) >= 11 is 3.42. The Labute approximate surface area is 129 Å². The summed E-state index contributed by atoms with van der Waals surface area (Å²) in [7, 11) is 0. The van der Waals surface area contributed by atoms with E-state index in [1.54, 1.807) is 0 Å². The standard InChI is InChI=1S/C17H23BrO2/c1-2-12-3-7-14(8-4-12)16(17(19)20)11-13-5-9-15(18)10-6-13/h5-6,9-10,12,14,16H,2-4,7-8,11H2,1H3,(H,19,20). The smallest absolute Gasteiger partial charge is 0.307 e. The first-order valence-electron chi connectivity index (χ1n) is 7.57. The summed E-state index contributed by atoms with van der Waals surface area (Å²) in [6.45, 7) is 2.24. The fraction of sp³-hybridized carbons (Fsp3) is 0.588. The van der Waals surface area contributed by atoms with Gasteiger partial charge in [0.1, 0.15) is 0 Å². The molecule has 1 N–H and O–H groups in total. The van der Waals surface area contributed by atoms with Gasteiger partial charge in [-0.25, -0.2) is 0 Å². The molecule has 1 aromatic rings. The monoisotopic (exact) mass is 338 g/mol. The van der Waals surface area contributed by atoms with Gasteiger partial charge in [0.15, 0.2) is 0 Å². The SMILES string of the molecule is CCC1CCC(C(Cc2ccc(Br)cc2)C(=O)O)CC1. The van der Waals surface area contributed by atoms with Gasteiger partial charge in [0, 0.05) is 4.47 Å². The second kappa shape index (κ2) is 7.26. The van der Waals surface area contributed by atoms with Crippen molar-refractivity contribution in [2.45, 2.75) is 45.4 Å². The number of rotatable bonds is 5. The van der Waals surface area contributed by atoms with Crippen LogP contribution in [-0.4, -0.2) is 11.1 Å². The van der Waals surface area contributed by atoms with E-state index in [0.717, 1.165) is 28.8 Å². The summed E-state index contributed by atoms with van der Waals surface area (Å²) in [4.78, 5) is 11.6. The number of benzene rings is 1. The lowest BCUT2D eigenvalue weighted by atomic mass is 9.73. The second-order valence-corrected chi connectivity index (χ2v) is 6.88. The first-order valence-corrected chi connectivity index (χ1v) is 8.36. The molecule has 1 unspecified atom stereocenters. The minimum atomic E-state index is -0.632. The summed E-state index contributed by atoms with van der Waals surface area (Å²) in [6.07, 6.45) is 6.44. The van der Waals surface area contributed by atoms with Crippen molar-refractivity contribution < 1.29 is 9.90 Å². The van der Waals surface area contributed by atoms with Crippen LogP contribution in [0, 0.1) is 17.8 Å². The molecule has 0 spiro atoms. The van der Waals surface area contributed by atoms with Crippen LogP contribution in [0.25, 0.3) is 0 Å². The third-order valence-electron chi connectivity index (χ3n) is 4.72. The van der Waals surface area contributed by atoms with E-state index in [1.165, 1.54) is 19.3 Å². The first-order chi connectivity index (χ1) is 9.60. The van der Waals surface area contributed by atoms with E-state index in [1.807, 2.05) is 24.3 Å². The molecular formula is C17H23BrO2. The zero-order valence-electron chi connectivity index (χ0n) is 12.0. The minimum absolute atomic E-state index is 0.228. The number of halogens is 1. The molecule has 1 atom stereocenters. The molecule has 1 fully saturated rings. The minimum Gasteiger partial charge on any atom is -0.481 e. The van der Waals surface area contributed by atoms with Crippen LogP contribution in [0.5, 0.6) is 0 Å². The predicted molar refractivity (Wildman–Crippen MR) is 84.7 cm³/mol. The number of hydrogen-bond donors (Lipinski definition) is 1. The Balaban J connectivity index is 2.00. The van der Waals surface area contributed by atoms with Crippen molar-refractivity contribution in [1.82, 2.24) is 0 Å². The molecule has 1 saturated carbocycles. The molecule has 0 amide bonds. The molecule has 110 valence electrons. The van der Waals surface area contributed by atoms with E-state index < -0.39 is 5.97 Å². The third-order valence-corrected chi connectivity index (χ3v) is 5.25. The van der Waals surface area contributed by atoms with Crippen LogP contribution < -0.4 is 0 Å². The lowest BCUT2D eigenvalue weighted by Crippen LogP contribution is -2.29. The molecule has 1 aromatic carbocycles. The maximum absolute atomic E-state index is 11.6. The number of carboxylic acids is 1. The number of aliphatic carboxylic acids is 1. The van der Waals surface area contributed by atoms with Gasteiger partial charge in [0.2, 0.25) is 0 Å². The van der Waals surface area contributed by atoms with E-state index >= 15 is 0 Å². The van der Waals surface area contributed by atoms with E-state index in [-0.39, 0.29) is 5.92 Å². The second-order valence-electron chi connectivity index (χ2n) is 5.96. The van der Waals surface area contributed by atoms with Crippen LogP contribution in [0.1, 0.15) is 44.6 Å². The molecule has 2 nitrogen and oxygen atoms in total. The predicted octanol–water partition coefficient (Wildman–Crippen LogP) is 4.91. The Bertz CT molecular complexity index is 433. The summed E-state index contributed by atoms with van der Waals surface area (Å²) in [5.74, 6) is 0.300. The average Bonchev–Trinajstić information content (AvgIpc) is 2.46. The maximum Gasteiger partial charge on any atom is 0.307 e. The van der Waals surface area contributed by atoms with Crippen LogP contribution in [0.4, 0.5) is 0 Å². The average molecular weight is 339 g/mol. The summed E-state index contributed by atoms with van der Waals surface area (Å²) in [6, 6.07) is 8.03. The Morgan fingerprint density at radius 3 is 2.35 bits per heavy atom. The van der Waals surface area contributed by atoms with Gasteiger partial charge in [-0.1, -0.05) is 54.2 Å². The topological polar surface area (TPSA) is 37.3 Å². The molecule has 3 heteroatoms. The lowest BCUT2D eigenvalue weighted by molar-refractivity contribution is -0.144. The molecule has 0 saturated heterocycles. The molecule has 2 rings (SSSR count). The van der Waals surface area contributed by atoms with Gasteiger partial charge < -0.3 is 5.11 Å². The van der Waals surface area contributed by atoms with Gasteiger partial charge in [-0.2, -0.15) is 0 Å². The van der Waals surface area contributed by atoms with Crippen molar-refractivity contribution in [2.24, 2.45) is 17.8 Å². The maximum atomic E-state index is 11.6. The third kappa shape index (κ3) is 4.08. The molecule has 1 aliphatic carbocycles. The van der Waals surface area contributed by atoms with Crippen molar-refractivity contribution in [3.8, 4) is 0 Å². The molecule has 1 aliphatic rings. The zero-order chi connectivity index (χ0) is 14.5. The lowest BCUT2D eigenvalue weighted by Gasteiger charge is -2.31. The highest BCUT2D eigenvalue weighted by Gasteiger charge is 2.31. The van der Waals surface area contributed by atoms with Crippen molar-refractivity contribution in [3.05, 3.63) is 34.3 Å². The van der Waals surface area contributed by atoms with Gasteiger partial charge in [-0.05, 0) is 48.8 Å². The van der Waals surface area contributed by atoms with Crippen LogP contribution >= 0.6 is 15.9 Å². The van der Waals surface area contributed by atoms with Crippen molar-refractivity contribution in [3.63, 3.8) is 0 Å². The summed E-state index contributed by atoms with van der Waals surface area (Å²) in [5.41, 5.74) is 1.12. The summed E-state index contributed by atoms with van der Waals surface area (Å²) < 4.78 is 1.04. The van der Waals surface area contributed by atoms with Crippen molar-refractivity contribution in [1.29, 1.82) is 0 Å². The highest BCUT2D eigenvalue weighted by molar-refractivity contribution is 9.10. The first kappa shape index (κ1) is 15.6.